The maximum absolute atomic E-state index is 13.4. The van der Waals surface area contributed by atoms with Gasteiger partial charge in [0, 0.05) is 31.9 Å². The van der Waals surface area contributed by atoms with E-state index >= 15 is 0 Å². The fourth-order valence-corrected chi connectivity index (χ4v) is 5.32. The monoisotopic (exact) mass is 440 g/mol. The summed E-state index contributed by atoms with van der Waals surface area (Å²) in [7, 11) is -4.67. The van der Waals surface area contributed by atoms with Crippen molar-refractivity contribution >= 4 is 15.7 Å². The Morgan fingerprint density at radius 1 is 1.27 bits per heavy atom. The topological polar surface area (TPSA) is 69.3 Å². The van der Waals surface area contributed by atoms with Gasteiger partial charge >= 0.3 is 5.76 Å². The Labute approximate surface area is 177 Å². The summed E-state index contributed by atoms with van der Waals surface area (Å²) < 4.78 is 52.6. The second kappa shape index (κ2) is 8.63. The van der Waals surface area contributed by atoms with Crippen LogP contribution in [0.1, 0.15) is 50.5 Å². The summed E-state index contributed by atoms with van der Waals surface area (Å²) in [5, 5.41) is 0. The van der Waals surface area contributed by atoms with Crippen LogP contribution in [0, 0.1) is 12.8 Å². The highest BCUT2D eigenvalue weighted by atomic mass is 32.2. The van der Waals surface area contributed by atoms with Crippen molar-refractivity contribution in [2.75, 3.05) is 11.4 Å². The first kappa shape index (κ1) is 21.2. The average molecular weight is 441 g/mol. The number of H-pyrrole nitrogens is 1. The predicted molar refractivity (Wildman–Crippen MR) is 114 cm³/mol. The lowest BCUT2D eigenvalue weighted by Crippen LogP contribution is -2.45. The van der Waals surface area contributed by atoms with Crippen molar-refractivity contribution in [3.05, 3.63) is 47.5 Å². The maximum Gasteiger partial charge on any atom is 0.350 e. The summed E-state index contributed by atoms with van der Waals surface area (Å²) in [6.45, 7) is 2.46. The fraction of sp³-hybridized carbons (Fsp3) is 0.571. The Hall–Kier alpha value is -2.00. The zero-order valence-corrected chi connectivity index (χ0v) is 17.9. The summed E-state index contributed by atoms with van der Waals surface area (Å²) in [6.07, 6.45) is 7.01. The quantitative estimate of drug-likeness (QED) is 0.697. The van der Waals surface area contributed by atoms with Crippen LogP contribution in [0.4, 0.5) is 14.5 Å². The third kappa shape index (κ3) is 4.23. The third-order valence-electron chi connectivity index (χ3n) is 6.48. The number of imidazole rings is 1. The van der Waals surface area contributed by atoms with Crippen molar-refractivity contribution in [2.45, 2.75) is 63.9 Å². The second-order valence-corrected chi connectivity index (χ2v) is 10.3. The molecule has 1 fully saturated rings. The van der Waals surface area contributed by atoms with Gasteiger partial charge in [-0.25, -0.2) is 13.4 Å². The van der Waals surface area contributed by atoms with E-state index in [1.165, 1.54) is 19.3 Å². The summed E-state index contributed by atoms with van der Waals surface area (Å²) in [5.41, 5.74) is 3.46. The van der Waals surface area contributed by atoms with Crippen molar-refractivity contribution in [1.82, 2.24) is 14.3 Å². The predicted octanol–water partition coefficient (Wildman–Crippen LogP) is 4.29. The highest BCUT2D eigenvalue weighted by Crippen LogP contribution is 2.36. The molecule has 2 aliphatic rings. The van der Waals surface area contributed by atoms with Crippen LogP contribution in [0.5, 0.6) is 0 Å². The Morgan fingerprint density at radius 3 is 2.67 bits per heavy atom. The number of aryl methyl sites for hydroxylation is 1. The number of sulfonamides is 1. The Kier molecular flexibility index (Phi) is 6.11. The van der Waals surface area contributed by atoms with E-state index < -0.39 is 15.8 Å². The summed E-state index contributed by atoms with van der Waals surface area (Å²) >= 11 is 0. The smallest absolute Gasteiger partial charge is 0.350 e. The average Bonchev–Trinajstić information content (AvgIpc) is 3.00. The van der Waals surface area contributed by atoms with E-state index in [2.05, 4.69) is 14.9 Å². The van der Waals surface area contributed by atoms with Gasteiger partial charge in [0.1, 0.15) is 0 Å². The molecule has 1 aromatic heterocycles. The fourth-order valence-electron chi connectivity index (χ4n) is 4.40. The minimum Gasteiger partial charge on any atom is -0.361 e. The zero-order chi connectivity index (χ0) is 21.3. The van der Waals surface area contributed by atoms with Crippen molar-refractivity contribution in [3.63, 3.8) is 0 Å². The van der Waals surface area contributed by atoms with E-state index in [0.717, 1.165) is 39.8 Å². The molecule has 1 aliphatic heterocycles. The molecule has 0 bridgehead atoms. The van der Waals surface area contributed by atoms with Crippen LogP contribution in [0.3, 0.4) is 0 Å². The summed E-state index contributed by atoms with van der Waals surface area (Å²) in [4.78, 5) is 9.67. The molecule has 166 valence electrons. The van der Waals surface area contributed by atoms with Crippen LogP contribution in [-0.4, -0.2) is 41.0 Å². The van der Waals surface area contributed by atoms with Crippen LogP contribution < -0.4 is 4.90 Å². The second-order valence-electron chi connectivity index (χ2n) is 8.36. The molecule has 1 aliphatic carbocycles. The van der Waals surface area contributed by atoms with Crippen LogP contribution in [-0.2, 0) is 23.1 Å². The van der Waals surface area contributed by atoms with E-state index in [9.17, 15) is 17.2 Å². The first-order valence-electron chi connectivity index (χ1n) is 10.5. The molecule has 6 nitrogen and oxygen atoms in total. The lowest BCUT2D eigenvalue weighted by Gasteiger charge is -2.36. The molecule has 0 radical (unpaired) electrons. The highest BCUT2D eigenvalue weighted by Gasteiger charge is 2.38. The van der Waals surface area contributed by atoms with Crippen LogP contribution in [0.2, 0.25) is 0 Å². The Morgan fingerprint density at radius 2 is 2.03 bits per heavy atom. The van der Waals surface area contributed by atoms with Crippen LogP contribution in [0.15, 0.2) is 30.6 Å². The molecule has 2 aromatic rings. The lowest BCUT2D eigenvalue weighted by atomic mass is 9.81. The molecule has 0 saturated heterocycles. The van der Waals surface area contributed by atoms with Crippen molar-refractivity contribution in [3.8, 4) is 0 Å². The number of anilines is 1. The van der Waals surface area contributed by atoms with E-state index in [1.54, 1.807) is 6.33 Å². The number of halogens is 2. The van der Waals surface area contributed by atoms with Crippen molar-refractivity contribution in [2.24, 2.45) is 5.92 Å². The molecule has 1 aromatic carbocycles. The van der Waals surface area contributed by atoms with E-state index in [-0.39, 0.29) is 20.6 Å². The molecule has 1 saturated carbocycles. The first-order valence-corrected chi connectivity index (χ1v) is 12.0. The molecule has 0 amide bonds. The molecule has 0 unspecified atom stereocenters. The van der Waals surface area contributed by atoms with Crippen molar-refractivity contribution < 1.29 is 18.6 Å². The molecule has 4 rings (SSSR count). The number of hydrogen-bond donors (Lipinski definition) is 1. The Balaban J connectivity index is 0.00000272. The molecule has 1 N–H and O–H groups in total. The van der Waals surface area contributed by atoms with Gasteiger partial charge in [-0.2, -0.15) is 13.1 Å². The number of aromatic nitrogens is 2. The number of rotatable bonds is 7. The molecular formula is C21H30F2N4O2S. The van der Waals surface area contributed by atoms with E-state index in [0.29, 0.717) is 12.5 Å². The lowest BCUT2D eigenvalue weighted by molar-refractivity contribution is 0.214. The first-order chi connectivity index (χ1) is 14.4. The number of alkyl halides is 2. The van der Waals surface area contributed by atoms with Gasteiger partial charge in [-0.1, -0.05) is 37.5 Å². The van der Waals surface area contributed by atoms with Crippen molar-refractivity contribution in [1.29, 1.82) is 0 Å². The Bertz CT molecular complexity index is 981. The molecule has 30 heavy (non-hydrogen) atoms. The number of hydrogen-bond acceptors (Lipinski definition) is 4. The van der Waals surface area contributed by atoms with Gasteiger partial charge in [0.2, 0.25) is 0 Å². The minimum absolute atomic E-state index is 0. The number of nitrogens with one attached hydrogen (secondary N) is 1. The molecule has 1 atom stereocenters. The summed E-state index contributed by atoms with van der Waals surface area (Å²) in [5.74, 6) is -2.77. The maximum atomic E-state index is 13.4. The highest BCUT2D eigenvalue weighted by molar-refractivity contribution is 7.89. The zero-order valence-electron chi connectivity index (χ0n) is 17.1. The van der Waals surface area contributed by atoms with Crippen LogP contribution >= 0.6 is 0 Å². The number of benzene rings is 1. The molecule has 9 heteroatoms. The normalized spacial score (nSPS) is 20.8. The van der Waals surface area contributed by atoms with Gasteiger partial charge in [0.25, 0.3) is 10.0 Å². The number of aromatic amines is 1. The number of para-hydroxylation sites is 1. The minimum atomic E-state index is -4.67. The van der Waals surface area contributed by atoms with Crippen LogP contribution in [0.25, 0.3) is 0 Å². The van der Waals surface area contributed by atoms with E-state index in [4.69, 9.17) is 0 Å². The molecule has 0 spiro atoms. The SMILES string of the molecule is Cc1[nH]cnc1CN1c2ccccc2CN(S(=O)(=O)C(F)F)C[C@@H]1CCC1CCC1.[HH]. The van der Waals surface area contributed by atoms with Gasteiger partial charge in [-0.3, -0.25) is 0 Å². The standard InChI is InChI=1S/C21H28F2N4O2S.H2/c1-15-19(25-14-24-15)13-27-18(10-9-16-5-4-6-16)12-26(30(28,29)21(22)23)11-17-7-2-3-8-20(17)27;/h2-3,7-8,14,16,18,21H,4-6,9-13H2,1H3,(H,24,25);1H/t18-;/m0./s1. The van der Waals surface area contributed by atoms with Gasteiger partial charge in [0.05, 0.1) is 18.6 Å². The third-order valence-corrected chi connectivity index (χ3v) is 7.92. The molecule has 2 heterocycles. The van der Waals surface area contributed by atoms with Gasteiger partial charge in [-0.05, 0) is 37.3 Å². The molecular weight excluding hydrogens is 410 g/mol. The van der Waals surface area contributed by atoms with Gasteiger partial charge < -0.3 is 9.88 Å². The van der Waals surface area contributed by atoms with Gasteiger partial charge in [-0.15, -0.1) is 0 Å². The van der Waals surface area contributed by atoms with E-state index in [1.807, 2.05) is 31.2 Å². The largest absolute Gasteiger partial charge is 0.361 e. The number of fused-ring (bicyclic) bond motifs is 1. The number of nitrogens with zero attached hydrogens (tertiary/aromatic N) is 3. The van der Waals surface area contributed by atoms with Gasteiger partial charge in [0.15, 0.2) is 0 Å². The summed E-state index contributed by atoms with van der Waals surface area (Å²) in [6, 6.07) is 7.30.